The second kappa shape index (κ2) is 6.15. The van der Waals surface area contributed by atoms with Crippen LogP contribution < -0.4 is 0 Å². The Bertz CT molecular complexity index is 469. The van der Waals surface area contributed by atoms with Gasteiger partial charge >= 0.3 is 5.97 Å². The summed E-state index contributed by atoms with van der Waals surface area (Å²) >= 11 is 5.71. The zero-order valence-corrected chi connectivity index (χ0v) is 10.3. The fourth-order valence-electron chi connectivity index (χ4n) is 1.19. The summed E-state index contributed by atoms with van der Waals surface area (Å²) in [5.41, 5.74) is 0.623. The fraction of sp³-hybridized carbons (Fsp3) is 0.250. The Morgan fingerprint density at radius 3 is 2.76 bits per heavy atom. The number of halogens is 1. The molecule has 0 saturated heterocycles. The lowest BCUT2D eigenvalue weighted by Gasteiger charge is -2.03. The number of pyridine rings is 1. The summed E-state index contributed by atoms with van der Waals surface area (Å²) in [7, 11) is 0. The number of esters is 1. The molecule has 0 atom stereocenters. The average molecular weight is 254 g/mol. The van der Waals surface area contributed by atoms with Gasteiger partial charge in [-0.05, 0) is 37.6 Å². The third-order valence-electron chi connectivity index (χ3n) is 1.94. The fourth-order valence-corrected chi connectivity index (χ4v) is 1.37. The third-order valence-corrected chi connectivity index (χ3v) is 2.14. The predicted molar refractivity (Wildman–Crippen MR) is 64.5 cm³/mol. The molecule has 1 aromatic heterocycles. The number of hydrogen-bond donors (Lipinski definition) is 0. The number of carbonyl (C=O) groups is 2. The zero-order chi connectivity index (χ0) is 12.8. The molecule has 0 unspecified atom stereocenters. The maximum Gasteiger partial charge on any atom is 0.341 e. The molecule has 90 valence electrons. The number of carbonyl (C=O) groups excluding carboxylic acids is 2. The first-order valence-electron chi connectivity index (χ1n) is 5.06. The summed E-state index contributed by atoms with van der Waals surface area (Å²) in [6.45, 7) is 3.21. The highest BCUT2D eigenvalue weighted by Gasteiger charge is 2.15. The topological polar surface area (TPSA) is 56.3 Å². The Hall–Kier alpha value is -1.68. The van der Waals surface area contributed by atoms with Crippen LogP contribution in [0.25, 0.3) is 6.08 Å². The summed E-state index contributed by atoms with van der Waals surface area (Å²) in [5.74, 6) is -0.982. The van der Waals surface area contributed by atoms with Gasteiger partial charge in [-0.15, -0.1) is 0 Å². The molecule has 0 aliphatic rings. The van der Waals surface area contributed by atoms with E-state index in [1.807, 2.05) is 0 Å². The predicted octanol–water partition coefficient (Wildman–Crippen LogP) is 2.27. The van der Waals surface area contributed by atoms with E-state index in [0.29, 0.717) is 10.7 Å². The Morgan fingerprint density at radius 1 is 1.53 bits per heavy atom. The molecule has 0 fully saturated rings. The number of hydrogen-bond acceptors (Lipinski definition) is 4. The summed E-state index contributed by atoms with van der Waals surface area (Å²) in [5, 5.41) is 0.297. The normalized spacial score (nSPS) is 11.1. The molecule has 0 bridgehead atoms. The number of nitrogens with zero attached hydrogens (tertiary/aromatic N) is 1. The van der Waals surface area contributed by atoms with Crippen LogP contribution in [0.3, 0.4) is 0 Å². The van der Waals surface area contributed by atoms with Gasteiger partial charge in [-0.3, -0.25) is 4.79 Å². The van der Waals surface area contributed by atoms with Crippen LogP contribution in [0.4, 0.5) is 0 Å². The third kappa shape index (κ3) is 4.00. The van der Waals surface area contributed by atoms with Gasteiger partial charge in [0.1, 0.15) is 10.7 Å². The second-order valence-corrected chi connectivity index (χ2v) is 3.63. The molecule has 1 aromatic rings. The quantitative estimate of drug-likeness (QED) is 0.272. The highest BCUT2D eigenvalue weighted by Crippen LogP contribution is 2.12. The molecule has 0 radical (unpaired) electrons. The van der Waals surface area contributed by atoms with Crippen molar-refractivity contribution in [2.45, 2.75) is 13.8 Å². The Kier molecular flexibility index (Phi) is 4.84. The first kappa shape index (κ1) is 13.4. The van der Waals surface area contributed by atoms with Gasteiger partial charge in [-0.2, -0.15) is 0 Å². The van der Waals surface area contributed by atoms with E-state index in [-0.39, 0.29) is 18.0 Å². The number of ether oxygens (including phenoxy) is 1. The van der Waals surface area contributed by atoms with Gasteiger partial charge in [0.05, 0.1) is 6.61 Å². The van der Waals surface area contributed by atoms with Gasteiger partial charge in [0.2, 0.25) is 0 Å². The van der Waals surface area contributed by atoms with E-state index in [9.17, 15) is 9.59 Å². The van der Waals surface area contributed by atoms with Crippen molar-refractivity contribution in [3.8, 4) is 0 Å². The molecule has 1 heterocycles. The molecule has 0 aliphatic heterocycles. The minimum atomic E-state index is -0.632. The minimum Gasteiger partial charge on any atom is -0.462 e. The molecule has 17 heavy (non-hydrogen) atoms. The average Bonchev–Trinajstić information content (AvgIpc) is 2.26. The van der Waals surface area contributed by atoms with Crippen LogP contribution in [0.15, 0.2) is 23.9 Å². The van der Waals surface area contributed by atoms with Crippen molar-refractivity contribution < 1.29 is 14.3 Å². The molecule has 4 nitrogen and oxygen atoms in total. The molecule has 0 N–H and O–H groups in total. The van der Waals surface area contributed by atoms with Gasteiger partial charge in [0, 0.05) is 6.20 Å². The summed E-state index contributed by atoms with van der Waals surface area (Å²) < 4.78 is 4.79. The maximum atomic E-state index is 11.5. The largest absolute Gasteiger partial charge is 0.462 e. The Labute approximate surface area is 104 Å². The maximum absolute atomic E-state index is 11.5. The Morgan fingerprint density at radius 2 is 2.24 bits per heavy atom. The molecule has 0 aromatic carbocycles. The number of ketones is 1. The lowest BCUT2D eigenvalue weighted by atomic mass is 10.1. The van der Waals surface area contributed by atoms with Crippen molar-refractivity contribution >= 4 is 29.4 Å². The van der Waals surface area contributed by atoms with E-state index in [1.165, 1.54) is 19.2 Å². The summed E-state index contributed by atoms with van der Waals surface area (Å²) in [6.07, 6.45) is 2.94. The molecule has 0 spiro atoms. The molecular weight excluding hydrogens is 242 g/mol. The van der Waals surface area contributed by atoms with E-state index in [1.54, 1.807) is 19.1 Å². The van der Waals surface area contributed by atoms with Gasteiger partial charge in [-0.25, -0.2) is 9.78 Å². The molecule has 0 aliphatic carbocycles. The smallest absolute Gasteiger partial charge is 0.341 e. The van der Waals surface area contributed by atoms with Crippen LogP contribution in [0, 0.1) is 0 Å². The van der Waals surface area contributed by atoms with E-state index in [0.717, 1.165) is 0 Å². The Balaban J connectivity index is 3.06. The van der Waals surface area contributed by atoms with Crippen LogP contribution in [-0.2, 0) is 14.3 Å². The van der Waals surface area contributed by atoms with Crippen LogP contribution in [0.5, 0.6) is 0 Å². The lowest BCUT2D eigenvalue weighted by molar-refractivity contribution is -0.139. The van der Waals surface area contributed by atoms with E-state index in [2.05, 4.69) is 4.98 Å². The number of rotatable bonds is 4. The van der Waals surface area contributed by atoms with Crippen LogP contribution in [0.1, 0.15) is 19.4 Å². The number of Topliss-reactive ketones (excluding diaryl/α,β-unsaturated/α-hetero) is 1. The highest BCUT2D eigenvalue weighted by molar-refractivity contribution is 6.29. The van der Waals surface area contributed by atoms with Gasteiger partial charge < -0.3 is 4.74 Å². The molecule has 1 rings (SSSR count). The van der Waals surface area contributed by atoms with Gasteiger partial charge in [-0.1, -0.05) is 11.6 Å². The summed E-state index contributed by atoms with van der Waals surface area (Å²) in [4.78, 5) is 26.7. The van der Waals surface area contributed by atoms with Crippen molar-refractivity contribution in [1.29, 1.82) is 0 Å². The zero-order valence-electron chi connectivity index (χ0n) is 9.57. The van der Waals surface area contributed by atoms with Gasteiger partial charge in [0.15, 0.2) is 5.78 Å². The van der Waals surface area contributed by atoms with Crippen molar-refractivity contribution in [3.63, 3.8) is 0 Å². The molecule has 0 saturated carbocycles. The van der Waals surface area contributed by atoms with Crippen molar-refractivity contribution in [2.24, 2.45) is 0 Å². The second-order valence-electron chi connectivity index (χ2n) is 3.25. The van der Waals surface area contributed by atoms with Crippen LogP contribution in [-0.4, -0.2) is 23.3 Å². The van der Waals surface area contributed by atoms with E-state index >= 15 is 0 Å². The standard InChI is InChI=1S/C12H12ClNO3/c1-3-17-12(16)10(8(2)15)6-9-4-5-14-11(13)7-9/h4-7H,3H2,1-2H3/b10-6+. The minimum absolute atomic E-state index is 0.00545. The first-order chi connectivity index (χ1) is 8.04. The van der Waals surface area contributed by atoms with Crippen LogP contribution in [0.2, 0.25) is 5.15 Å². The van der Waals surface area contributed by atoms with Crippen molar-refractivity contribution in [3.05, 3.63) is 34.6 Å². The monoisotopic (exact) mass is 253 g/mol. The summed E-state index contributed by atoms with van der Waals surface area (Å²) in [6, 6.07) is 3.21. The lowest BCUT2D eigenvalue weighted by Crippen LogP contribution is -2.13. The molecule has 0 amide bonds. The van der Waals surface area contributed by atoms with Crippen molar-refractivity contribution in [2.75, 3.05) is 6.61 Å². The molecular formula is C12H12ClNO3. The van der Waals surface area contributed by atoms with E-state index < -0.39 is 5.97 Å². The molecule has 5 heteroatoms. The highest BCUT2D eigenvalue weighted by atomic mass is 35.5. The SMILES string of the molecule is CCOC(=O)/C(=C/c1ccnc(Cl)c1)C(C)=O. The number of aromatic nitrogens is 1. The van der Waals surface area contributed by atoms with Crippen LogP contribution >= 0.6 is 11.6 Å². The van der Waals surface area contributed by atoms with Crippen molar-refractivity contribution in [1.82, 2.24) is 4.98 Å². The van der Waals surface area contributed by atoms with Gasteiger partial charge in [0.25, 0.3) is 0 Å². The first-order valence-corrected chi connectivity index (χ1v) is 5.43. The van der Waals surface area contributed by atoms with E-state index in [4.69, 9.17) is 16.3 Å².